The molecular weight excluding hydrogens is 204 g/mol. The molecule has 1 unspecified atom stereocenters. The van der Waals surface area contributed by atoms with E-state index in [2.05, 4.69) is 29.0 Å². The van der Waals surface area contributed by atoms with Crippen molar-refractivity contribution < 1.29 is 0 Å². The highest BCUT2D eigenvalue weighted by Crippen LogP contribution is 2.27. The molecule has 0 aromatic heterocycles. The Morgan fingerprint density at radius 3 is 2.73 bits per heavy atom. The van der Waals surface area contributed by atoms with E-state index >= 15 is 0 Å². The van der Waals surface area contributed by atoms with Crippen molar-refractivity contribution in [2.45, 2.75) is 44.2 Å². The number of likely N-dealkylation sites (tertiary alicyclic amines) is 1. The third-order valence-electron chi connectivity index (χ3n) is 3.77. The van der Waals surface area contributed by atoms with Gasteiger partial charge in [0.05, 0.1) is 0 Å². The lowest BCUT2D eigenvalue weighted by Gasteiger charge is -2.42. The molecule has 0 aliphatic carbocycles. The maximum atomic E-state index is 3.36. The fourth-order valence-electron chi connectivity index (χ4n) is 2.98. The van der Waals surface area contributed by atoms with Crippen LogP contribution < -0.4 is 5.32 Å². The maximum Gasteiger partial charge on any atom is 0.0223 e. The van der Waals surface area contributed by atoms with Crippen molar-refractivity contribution in [3.05, 3.63) is 0 Å². The summed E-state index contributed by atoms with van der Waals surface area (Å²) in [6, 6.07) is 1.71. The molecule has 88 valence electrons. The van der Waals surface area contributed by atoms with Gasteiger partial charge in [-0.3, -0.25) is 4.90 Å². The lowest BCUT2D eigenvalue weighted by molar-refractivity contribution is 0.0894. The second-order valence-corrected chi connectivity index (χ2v) is 6.01. The van der Waals surface area contributed by atoms with Crippen LogP contribution in [0.4, 0.5) is 0 Å². The average molecular weight is 228 g/mol. The van der Waals surface area contributed by atoms with Gasteiger partial charge in [-0.15, -0.1) is 0 Å². The molecule has 1 N–H and O–H groups in total. The van der Waals surface area contributed by atoms with Gasteiger partial charge in [-0.05, 0) is 50.8 Å². The van der Waals surface area contributed by atoms with Crippen molar-refractivity contribution in [2.75, 3.05) is 31.6 Å². The summed E-state index contributed by atoms with van der Waals surface area (Å²) in [6.45, 7) is 2.53. The van der Waals surface area contributed by atoms with Gasteiger partial charge in [0.25, 0.3) is 0 Å². The molecule has 0 amide bonds. The first-order valence-corrected chi connectivity index (χ1v) is 7.55. The van der Waals surface area contributed by atoms with Crippen LogP contribution in [0.25, 0.3) is 0 Å². The average Bonchev–Trinajstić information content (AvgIpc) is 2.31. The van der Waals surface area contributed by atoms with Gasteiger partial charge in [0, 0.05) is 18.6 Å². The number of rotatable bonds is 3. The number of piperidine rings is 1. The minimum absolute atomic E-state index is 0.817. The number of nitrogens with zero attached hydrogens (tertiary/aromatic N) is 1. The predicted octanol–water partition coefficient (Wildman–Crippen LogP) is 1.96. The van der Waals surface area contributed by atoms with Crippen LogP contribution in [0.1, 0.15) is 32.1 Å². The third kappa shape index (κ3) is 3.11. The molecule has 0 aromatic carbocycles. The van der Waals surface area contributed by atoms with Gasteiger partial charge >= 0.3 is 0 Å². The molecule has 0 saturated carbocycles. The lowest BCUT2D eigenvalue weighted by Crippen LogP contribution is -2.51. The Hall–Kier alpha value is 0.270. The van der Waals surface area contributed by atoms with Crippen molar-refractivity contribution >= 4 is 11.8 Å². The standard InChI is InChI=1S/C12H24N2S/c1-13-10-12-4-2-3-7-14(12)11-5-8-15-9-6-11/h11-13H,2-10H2,1H3. The summed E-state index contributed by atoms with van der Waals surface area (Å²) in [5.74, 6) is 2.76. The van der Waals surface area contributed by atoms with Crippen molar-refractivity contribution in [3.63, 3.8) is 0 Å². The Kier molecular flexibility index (Phi) is 4.79. The zero-order valence-electron chi connectivity index (χ0n) is 9.87. The molecule has 0 radical (unpaired) electrons. The molecule has 1 atom stereocenters. The van der Waals surface area contributed by atoms with Gasteiger partial charge in [0.1, 0.15) is 0 Å². The largest absolute Gasteiger partial charge is 0.318 e. The lowest BCUT2D eigenvalue weighted by atomic mass is 9.97. The van der Waals surface area contributed by atoms with Crippen LogP contribution >= 0.6 is 11.8 Å². The SMILES string of the molecule is CNCC1CCCCN1C1CCSCC1. The van der Waals surface area contributed by atoms with Gasteiger partial charge < -0.3 is 5.32 Å². The first-order chi connectivity index (χ1) is 7.42. The van der Waals surface area contributed by atoms with Gasteiger partial charge in [0.2, 0.25) is 0 Å². The highest BCUT2D eigenvalue weighted by atomic mass is 32.2. The molecule has 2 rings (SSSR count). The van der Waals surface area contributed by atoms with Gasteiger partial charge in [-0.2, -0.15) is 11.8 Å². The van der Waals surface area contributed by atoms with Crippen LogP contribution in [0.2, 0.25) is 0 Å². The summed E-state index contributed by atoms with van der Waals surface area (Å²) in [4.78, 5) is 2.81. The Bertz CT molecular complexity index is 168. The van der Waals surface area contributed by atoms with Crippen molar-refractivity contribution in [3.8, 4) is 0 Å². The minimum atomic E-state index is 0.817. The van der Waals surface area contributed by atoms with Crippen LogP contribution in [0, 0.1) is 0 Å². The second-order valence-electron chi connectivity index (χ2n) is 4.79. The highest BCUT2D eigenvalue weighted by Gasteiger charge is 2.29. The first kappa shape index (κ1) is 11.7. The fourth-order valence-corrected chi connectivity index (χ4v) is 4.06. The number of hydrogen-bond donors (Lipinski definition) is 1. The summed E-state index contributed by atoms with van der Waals surface area (Å²) in [5, 5.41) is 3.36. The molecule has 2 aliphatic heterocycles. The first-order valence-electron chi connectivity index (χ1n) is 6.40. The van der Waals surface area contributed by atoms with E-state index in [1.165, 1.54) is 56.7 Å². The Morgan fingerprint density at radius 1 is 1.20 bits per heavy atom. The van der Waals surface area contributed by atoms with Crippen LogP contribution in [-0.2, 0) is 0 Å². The van der Waals surface area contributed by atoms with Gasteiger partial charge in [-0.1, -0.05) is 6.42 Å². The van der Waals surface area contributed by atoms with E-state index in [0.717, 1.165) is 12.1 Å². The minimum Gasteiger partial charge on any atom is -0.318 e. The van der Waals surface area contributed by atoms with Gasteiger partial charge in [0.15, 0.2) is 0 Å². The number of likely N-dealkylation sites (N-methyl/N-ethyl adjacent to an activating group) is 1. The normalized spacial score (nSPS) is 30.6. The predicted molar refractivity (Wildman–Crippen MR) is 68.6 cm³/mol. The van der Waals surface area contributed by atoms with Crippen molar-refractivity contribution in [1.29, 1.82) is 0 Å². The zero-order chi connectivity index (χ0) is 10.5. The topological polar surface area (TPSA) is 15.3 Å². The van der Waals surface area contributed by atoms with Crippen LogP contribution in [-0.4, -0.2) is 48.6 Å². The van der Waals surface area contributed by atoms with Crippen LogP contribution in [0.5, 0.6) is 0 Å². The molecule has 2 heterocycles. The maximum absolute atomic E-state index is 3.36. The number of nitrogens with one attached hydrogen (secondary N) is 1. The molecule has 15 heavy (non-hydrogen) atoms. The van der Waals surface area contributed by atoms with E-state index < -0.39 is 0 Å². The monoisotopic (exact) mass is 228 g/mol. The molecule has 2 aliphatic rings. The van der Waals surface area contributed by atoms with E-state index in [1.54, 1.807) is 0 Å². The summed E-state index contributed by atoms with van der Waals surface area (Å²) < 4.78 is 0. The quantitative estimate of drug-likeness (QED) is 0.795. The molecule has 3 heteroatoms. The van der Waals surface area contributed by atoms with E-state index in [1.807, 2.05) is 0 Å². The summed E-state index contributed by atoms with van der Waals surface area (Å²) >= 11 is 2.13. The van der Waals surface area contributed by atoms with Crippen LogP contribution in [0.15, 0.2) is 0 Å². The zero-order valence-corrected chi connectivity index (χ0v) is 10.7. The van der Waals surface area contributed by atoms with Gasteiger partial charge in [-0.25, -0.2) is 0 Å². The Morgan fingerprint density at radius 2 is 2.00 bits per heavy atom. The summed E-state index contributed by atoms with van der Waals surface area (Å²) in [7, 11) is 2.09. The van der Waals surface area contributed by atoms with Crippen LogP contribution in [0.3, 0.4) is 0 Å². The smallest absolute Gasteiger partial charge is 0.0223 e. The molecule has 2 nitrogen and oxygen atoms in total. The number of thioether (sulfide) groups is 1. The fraction of sp³-hybridized carbons (Fsp3) is 1.00. The van der Waals surface area contributed by atoms with E-state index in [-0.39, 0.29) is 0 Å². The van der Waals surface area contributed by atoms with E-state index in [9.17, 15) is 0 Å². The molecule has 0 bridgehead atoms. The second kappa shape index (κ2) is 6.12. The summed E-state index contributed by atoms with van der Waals surface area (Å²) in [5.41, 5.74) is 0. The van der Waals surface area contributed by atoms with Crippen molar-refractivity contribution in [1.82, 2.24) is 10.2 Å². The summed E-state index contributed by atoms with van der Waals surface area (Å²) in [6.07, 6.45) is 7.11. The van der Waals surface area contributed by atoms with E-state index in [0.29, 0.717) is 0 Å². The molecule has 0 spiro atoms. The van der Waals surface area contributed by atoms with E-state index in [4.69, 9.17) is 0 Å². The van der Waals surface area contributed by atoms with Crippen molar-refractivity contribution in [2.24, 2.45) is 0 Å². The molecule has 0 aromatic rings. The Labute approximate surface area is 98.2 Å². The Balaban J connectivity index is 1.90. The molecule has 2 fully saturated rings. The molecular formula is C12H24N2S. The number of hydrogen-bond acceptors (Lipinski definition) is 3. The highest BCUT2D eigenvalue weighted by molar-refractivity contribution is 7.99. The molecule has 2 saturated heterocycles. The third-order valence-corrected chi connectivity index (χ3v) is 4.82.